The number of rotatable bonds is 2. The molecule has 1 saturated carbocycles. The minimum absolute atomic E-state index is 0.213. The second-order valence-electron chi connectivity index (χ2n) is 5.57. The largest absolute Gasteiger partial charge is 0.396 e. The fraction of sp³-hybridized carbons (Fsp3) is 0.571. The first kappa shape index (κ1) is 13.3. The molecule has 106 valence electrons. The molecule has 0 bridgehead atoms. The summed E-state index contributed by atoms with van der Waals surface area (Å²) in [5.74, 6) is 1.27. The average Bonchev–Trinajstić information content (AvgIpc) is 3.09. The number of amides is 1. The zero-order valence-electron chi connectivity index (χ0n) is 11.5. The third kappa shape index (κ3) is 1.93. The molecule has 1 aliphatic heterocycles. The zero-order chi connectivity index (χ0) is 14.3. The molecule has 6 heteroatoms. The molecular weight excluding hydrogens is 272 g/mol. The van der Waals surface area contributed by atoms with Gasteiger partial charge in [-0.3, -0.25) is 4.79 Å². The van der Waals surface area contributed by atoms with Crippen molar-refractivity contribution in [1.29, 1.82) is 5.26 Å². The number of thiophene rings is 1. The van der Waals surface area contributed by atoms with Crippen LogP contribution in [0.2, 0.25) is 0 Å². The molecule has 1 amide bonds. The maximum absolute atomic E-state index is 11.8. The zero-order valence-corrected chi connectivity index (χ0v) is 12.3. The van der Waals surface area contributed by atoms with Crippen LogP contribution in [0, 0.1) is 23.2 Å². The number of nitrogens with two attached hydrogens (primary N) is 1. The van der Waals surface area contributed by atoms with Crippen molar-refractivity contribution in [2.24, 2.45) is 11.8 Å². The lowest BCUT2D eigenvalue weighted by atomic mass is 10.0. The van der Waals surface area contributed by atoms with E-state index in [2.05, 4.69) is 16.3 Å². The molecule has 0 radical (unpaired) electrons. The highest BCUT2D eigenvalue weighted by atomic mass is 32.1. The van der Waals surface area contributed by atoms with Gasteiger partial charge in [0.1, 0.15) is 21.5 Å². The van der Waals surface area contributed by atoms with Crippen LogP contribution in [0.3, 0.4) is 0 Å². The van der Waals surface area contributed by atoms with Gasteiger partial charge >= 0.3 is 0 Å². The predicted octanol–water partition coefficient (Wildman–Crippen LogP) is 1.80. The first-order chi connectivity index (χ1) is 9.65. The smallest absolute Gasteiger partial charge is 0.263 e. The number of nitrogens with zero attached hydrogens (tertiary/aromatic N) is 2. The van der Waals surface area contributed by atoms with Crippen molar-refractivity contribution >= 4 is 27.9 Å². The predicted molar refractivity (Wildman–Crippen MR) is 79.9 cm³/mol. The van der Waals surface area contributed by atoms with Crippen molar-refractivity contribution in [2.75, 3.05) is 30.8 Å². The molecule has 2 atom stereocenters. The van der Waals surface area contributed by atoms with Gasteiger partial charge in [0.15, 0.2) is 0 Å². The highest BCUT2D eigenvalue weighted by Crippen LogP contribution is 2.44. The van der Waals surface area contributed by atoms with Gasteiger partial charge < -0.3 is 16.0 Å². The summed E-state index contributed by atoms with van der Waals surface area (Å²) in [6, 6.07) is 2.17. The van der Waals surface area contributed by atoms with E-state index in [1.807, 2.05) is 0 Å². The Morgan fingerprint density at radius 3 is 2.65 bits per heavy atom. The van der Waals surface area contributed by atoms with E-state index in [9.17, 15) is 10.1 Å². The van der Waals surface area contributed by atoms with E-state index >= 15 is 0 Å². The van der Waals surface area contributed by atoms with E-state index in [4.69, 9.17) is 5.73 Å². The molecule has 0 spiro atoms. The first-order valence-electron chi connectivity index (χ1n) is 6.95. The van der Waals surface area contributed by atoms with Crippen LogP contribution in [0.25, 0.3) is 0 Å². The Hall–Kier alpha value is -1.74. The van der Waals surface area contributed by atoms with Crippen molar-refractivity contribution in [3.05, 3.63) is 10.4 Å². The Kier molecular flexibility index (Phi) is 3.30. The van der Waals surface area contributed by atoms with Gasteiger partial charge in [0, 0.05) is 20.1 Å². The van der Waals surface area contributed by atoms with Crippen LogP contribution >= 0.6 is 11.3 Å². The van der Waals surface area contributed by atoms with E-state index in [0.29, 0.717) is 16.1 Å². The molecule has 1 saturated heterocycles. The fourth-order valence-corrected chi connectivity index (χ4v) is 4.58. The van der Waals surface area contributed by atoms with Gasteiger partial charge in [0.2, 0.25) is 0 Å². The summed E-state index contributed by atoms with van der Waals surface area (Å²) in [6.45, 7) is 1.99. The van der Waals surface area contributed by atoms with Crippen LogP contribution in [0.4, 0.5) is 10.7 Å². The number of fused-ring (bicyclic) bond motifs is 1. The van der Waals surface area contributed by atoms with Crippen LogP contribution in [0.5, 0.6) is 0 Å². The van der Waals surface area contributed by atoms with Gasteiger partial charge in [0.25, 0.3) is 5.91 Å². The number of nitriles is 1. The molecule has 2 aliphatic rings. The molecule has 2 heterocycles. The normalized spacial score (nSPS) is 24.5. The summed E-state index contributed by atoms with van der Waals surface area (Å²) in [5.41, 5.74) is 6.76. The van der Waals surface area contributed by atoms with E-state index in [-0.39, 0.29) is 5.91 Å². The van der Waals surface area contributed by atoms with E-state index in [1.54, 1.807) is 7.05 Å². The minimum Gasteiger partial charge on any atom is -0.396 e. The topological polar surface area (TPSA) is 82.2 Å². The Bertz CT molecular complexity index is 577. The molecule has 3 N–H and O–H groups in total. The molecule has 2 unspecified atom stereocenters. The van der Waals surface area contributed by atoms with Crippen LogP contribution < -0.4 is 16.0 Å². The highest BCUT2D eigenvalue weighted by Gasteiger charge is 2.38. The molecule has 1 aliphatic carbocycles. The number of hydrogen-bond donors (Lipinski definition) is 2. The quantitative estimate of drug-likeness (QED) is 0.870. The fourth-order valence-electron chi connectivity index (χ4n) is 3.45. The van der Waals surface area contributed by atoms with Crippen LogP contribution in [-0.4, -0.2) is 26.0 Å². The molecule has 1 aromatic rings. The van der Waals surface area contributed by atoms with E-state index < -0.39 is 0 Å². The third-order valence-electron chi connectivity index (χ3n) is 4.49. The number of hydrogen-bond acceptors (Lipinski definition) is 5. The summed E-state index contributed by atoms with van der Waals surface area (Å²) < 4.78 is 0. The van der Waals surface area contributed by atoms with Gasteiger partial charge in [-0.25, -0.2) is 0 Å². The van der Waals surface area contributed by atoms with Gasteiger partial charge in [0.05, 0.1) is 5.69 Å². The molecular formula is C14H18N4OS. The Morgan fingerprint density at radius 2 is 2.10 bits per heavy atom. The Morgan fingerprint density at radius 1 is 1.45 bits per heavy atom. The maximum atomic E-state index is 11.8. The third-order valence-corrected chi connectivity index (χ3v) is 5.75. The van der Waals surface area contributed by atoms with Crippen LogP contribution in [0.1, 0.15) is 34.5 Å². The lowest BCUT2D eigenvalue weighted by molar-refractivity contribution is 0.0968. The summed E-state index contributed by atoms with van der Waals surface area (Å²) in [6.07, 6.45) is 3.89. The van der Waals surface area contributed by atoms with Crippen LogP contribution in [0.15, 0.2) is 0 Å². The lowest BCUT2D eigenvalue weighted by Crippen LogP contribution is -2.20. The molecule has 0 aromatic carbocycles. The Labute approximate surface area is 122 Å². The molecule has 20 heavy (non-hydrogen) atoms. The summed E-state index contributed by atoms with van der Waals surface area (Å²) in [7, 11) is 1.58. The first-order valence-corrected chi connectivity index (χ1v) is 7.76. The molecule has 1 aromatic heterocycles. The standard InChI is InChI=1S/C14H18N4OS/c1-17-13(19)12-11(16)10(5-15)14(20-12)18-6-8-3-2-4-9(8)7-18/h8-9H,2-4,6-7,16H2,1H3,(H,17,19). The number of nitrogen functional groups attached to an aromatic ring is 1. The van der Waals surface area contributed by atoms with Gasteiger partial charge in [-0.1, -0.05) is 6.42 Å². The van der Waals surface area contributed by atoms with Gasteiger partial charge in [-0.2, -0.15) is 5.26 Å². The number of carbonyl (C=O) groups excluding carboxylic acids is 1. The average molecular weight is 290 g/mol. The number of nitrogens with one attached hydrogen (secondary N) is 1. The Balaban J connectivity index is 1.94. The van der Waals surface area contributed by atoms with Crippen molar-refractivity contribution in [2.45, 2.75) is 19.3 Å². The molecule has 5 nitrogen and oxygen atoms in total. The highest BCUT2D eigenvalue weighted by molar-refractivity contribution is 7.19. The minimum atomic E-state index is -0.213. The SMILES string of the molecule is CNC(=O)c1sc(N2CC3CCCC3C2)c(C#N)c1N. The molecule has 3 rings (SSSR count). The van der Waals surface area contributed by atoms with E-state index in [0.717, 1.165) is 29.9 Å². The van der Waals surface area contributed by atoms with Crippen molar-refractivity contribution in [3.63, 3.8) is 0 Å². The van der Waals surface area contributed by atoms with E-state index in [1.165, 1.54) is 30.6 Å². The number of carbonyl (C=O) groups is 1. The summed E-state index contributed by atoms with van der Waals surface area (Å²) >= 11 is 1.35. The van der Waals surface area contributed by atoms with Gasteiger partial charge in [-0.15, -0.1) is 11.3 Å². The maximum Gasteiger partial charge on any atom is 0.263 e. The lowest BCUT2D eigenvalue weighted by Gasteiger charge is -2.17. The second kappa shape index (κ2) is 4.98. The van der Waals surface area contributed by atoms with Crippen molar-refractivity contribution in [3.8, 4) is 6.07 Å². The number of anilines is 2. The second-order valence-corrected chi connectivity index (χ2v) is 6.57. The van der Waals surface area contributed by atoms with Crippen molar-refractivity contribution < 1.29 is 4.79 Å². The van der Waals surface area contributed by atoms with Crippen molar-refractivity contribution in [1.82, 2.24) is 5.32 Å². The summed E-state index contributed by atoms with van der Waals surface area (Å²) in [5, 5.41) is 12.8. The monoisotopic (exact) mass is 290 g/mol. The van der Waals surface area contributed by atoms with Gasteiger partial charge in [-0.05, 0) is 24.7 Å². The van der Waals surface area contributed by atoms with Crippen LogP contribution in [-0.2, 0) is 0 Å². The molecule has 2 fully saturated rings. The summed E-state index contributed by atoms with van der Waals surface area (Å²) in [4.78, 5) is 14.5.